The monoisotopic (exact) mass is 538 g/mol. The lowest BCUT2D eigenvalue weighted by molar-refractivity contribution is 0.0562. The van der Waals surface area contributed by atoms with Gasteiger partial charge in [0, 0.05) is 30.4 Å². The molecule has 1 saturated carbocycles. The summed E-state index contributed by atoms with van der Waals surface area (Å²) < 4.78 is 69.7. The van der Waals surface area contributed by atoms with Gasteiger partial charge in [0.2, 0.25) is 0 Å². The number of rotatable bonds is 9. The lowest BCUT2D eigenvalue weighted by Crippen LogP contribution is -2.51. The maximum absolute atomic E-state index is 14.7. The number of aromatic nitrogens is 1. The van der Waals surface area contributed by atoms with Crippen molar-refractivity contribution in [2.45, 2.75) is 69.5 Å². The van der Waals surface area contributed by atoms with E-state index in [-0.39, 0.29) is 35.7 Å². The largest absolute Gasteiger partial charge is 0.383 e. The van der Waals surface area contributed by atoms with Crippen molar-refractivity contribution in [1.29, 1.82) is 0 Å². The van der Waals surface area contributed by atoms with Crippen LogP contribution >= 0.6 is 0 Å². The first-order valence-electron chi connectivity index (χ1n) is 13.0. The smallest absolute Gasteiger partial charge is 0.266 e. The van der Waals surface area contributed by atoms with Crippen LogP contribution in [0.25, 0.3) is 0 Å². The minimum Gasteiger partial charge on any atom is -0.383 e. The zero-order valence-electron chi connectivity index (χ0n) is 21.0. The number of benzene rings is 1. The summed E-state index contributed by atoms with van der Waals surface area (Å²) in [4.78, 5) is 28.7. The highest BCUT2D eigenvalue weighted by Gasteiger charge is 2.53. The van der Waals surface area contributed by atoms with Crippen LogP contribution in [0.2, 0.25) is 0 Å². The highest BCUT2D eigenvalue weighted by atomic mass is 19.3. The number of nitrogens with zero attached hydrogens (tertiary/aromatic N) is 2. The number of anilines is 1. The van der Waals surface area contributed by atoms with Gasteiger partial charge in [-0.05, 0) is 58.0 Å². The molecule has 6 rings (SSSR count). The maximum Gasteiger partial charge on any atom is 0.266 e. The fraction of sp³-hybridized carbons (Fsp3) is 0.556. The SMILES string of the molecule is C[C@@H](NC(=O)c1cn(C2(C(F)F)CC2)c(=O)cc1NC[C@@H]1CC2CCN1CC2)c1cccc(C(F)F)c1F. The molecule has 3 aliphatic heterocycles. The molecule has 4 heterocycles. The van der Waals surface area contributed by atoms with Gasteiger partial charge in [-0.25, -0.2) is 22.0 Å². The van der Waals surface area contributed by atoms with Gasteiger partial charge in [0.15, 0.2) is 0 Å². The molecule has 38 heavy (non-hydrogen) atoms. The zero-order chi connectivity index (χ0) is 27.2. The van der Waals surface area contributed by atoms with Gasteiger partial charge in [0.05, 0.1) is 22.9 Å². The summed E-state index contributed by atoms with van der Waals surface area (Å²) in [6.07, 6.45) is -1.15. The Morgan fingerprint density at radius 1 is 1.13 bits per heavy atom. The van der Waals surface area contributed by atoms with Crippen LogP contribution in [0.3, 0.4) is 0 Å². The third-order valence-corrected chi connectivity index (χ3v) is 8.35. The molecule has 2 bridgehead atoms. The quantitative estimate of drug-likeness (QED) is 0.438. The van der Waals surface area contributed by atoms with Crippen LogP contribution in [0.4, 0.5) is 27.6 Å². The second-order valence-electron chi connectivity index (χ2n) is 10.7. The highest BCUT2D eigenvalue weighted by molar-refractivity contribution is 5.99. The second-order valence-corrected chi connectivity index (χ2v) is 10.7. The van der Waals surface area contributed by atoms with Crippen LogP contribution in [0.1, 0.15) is 73.0 Å². The van der Waals surface area contributed by atoms with E-state index in [4.69, 9.17) is 0 Å². The average molecular weight is 539 g/mol. The third-order valence-electron chi connectivity index (χ3n) is 8.35. The second kappa shape index (κ2) is 10.3. The zero-order valence-corrected chi connectivity index (χ0v) is 21.0. The molecule has 6 nitrogen and oxygen atoms in total. The van der Waals surface area contributed by atoms with E-state index in [0.717, 1.165) is 55.2 Å². The van der Waals surface area contributed by atoms with Gasteiger partial charge in [0.25, 0.3) is 24.3 Å². The molecule has 4 fully saturated rings. The predicted molar refractivity (Wildman–Crippen MR) is 132 cm³/mol. The molecule has 1 aromatic carbocycles. The van der Waals surface area contributed by atoms with E-state index in [1.807, 2.05) is 0 Å². The Balaban J connectivity index is 1.43. The molecule has 3 saturated heterocycles. The summed E-state index contributed by atoms with van der Waals surface area (Å²) in [5.74, 6) is -1.20. The number of pyridine rings is 1. The summed E-state index contributed by atoms with van der Waals surface area (Å²) in [5, 5.41) is 5.79. The van der Waals surface area contributed by atoms with E-state index in [0.29, 0.717) is 12.5 Å². The maximum atomic E-state index is 14.7. The number of nitrogens with one attached hydrogen (secondary N) is 2. The van der Waals surface area contributed by atoms with Gasteiger partial charge in [-0.1, -0.05) is 18.2 Å². The molecule has 0 spiro atoms. The predicted octanol–water partition coefficient (Wildman–Crippen LogP) is 5.07. The summed E-state index contributed by atoms with van der Waals surface area (Å²) in [5.41, 5.74) is -3.03. The Bertz CT molecular complexity index is 1250. The first kappa shape index (κ1) is 26.6. The van der Waals surface area contributed by atoms with Crippen LogP contribution in [0.15, 0.2) is 35.3 Å². The number of hydrogen-bond donors (Lipinski definition) is 2. The van der Waals surface area contributed by atoms with Crippen molar-refractivity contribution in [3.63, 3.8) is 0 Å². The van der Waals surface area contributed by atoms with Crippen LogP contribution < -0.4 is 16.2 Å². The van der Waals surface area contributed by atoms with Gasteiger partial charge in [0.1, 0.15) is 11.4 Å². The Kier molecular flexibility index (Phi) is 7.23. The normalized spacial score (nSPS) is 24.5. The Hall–Kier alpha value is -2.95. The minimum absolute atomic E-state index is 0.0373. The fourth-order valence-electron chi connectivity index (χ4n) is 5.85. The molecule has 206 valence electrons. The molecule has 2 N–H and O–H groups in total. The lowest BCUT2D eigenvalue weighted by Gasteiger charge is -2.45. The number of hydrogen-bond acceptors (Lipinski definition) is 4. The molecule has 1 aliphatic carbocycles. The number of piperidine rings is 3. The van der Waals surface area contributed by atoms with E-state index >= 15 is 0 Å². The average Bonchev–Trinajstić information content (AvgIpc) is 3.70. The molecule has 11 heteroatoms. The van der Waals surface area contributed by atoms with Crippen LogP contribution in [-0.2, 0) is 5.54 Å². The molecule has 1 amide bonds. The molecular formula is C27H31F5N4O2. The summed E-state index contributed by atoms with van der Waals surface area (Å²) in [7, 11) is 0. The van der Waals surface area contributed by atoms with Gasteiger partial charge in [-0.3, -0.25) is 14.5 Å². The first-order chi connectivity index (χ1) is 18.1. The van der Waals surface area contributed by atoms with Crippen LogP contribution in [0.5, 0.6) is 0 Å². The molecule has 2 aromatic rings. The number of fused-ring (bicyclic) bond motifs is 3. The van der Waals surface area contributed by atoms with Gasteiger partial charge in [-0.15, -0.1) is 0 Å². The van der Waals surface area contributed by atoms with Crippen molar-refractivity contribution in [3.05, 3.63) is 63.3 Å². The summed E-state index contributed by atoms with van der Waals surface area (Å²) in [6.45, 7) is 3.90. The molecular weight excluding hydrogens is 507 g/mol. The molecule has 2 atom stereocenters. The van der Waals surface area contributed by atoms with E-state index in [1.54, 1.807) is 0 Å². The highest BCUT2D eigenvalue weighted by Crippen LogP contribution is 2.48. The molecule has 4 aliphatic rings. The van der Waals surface area contributed by atoms with E-state index in [2.05, 4.69) is 15.5 Å². The van der Waals surface area contributed by atoms with Crippen molar-refractivity contribution in [2.75, 3.05) is 25.0 Å². The standard InChI is InChI=1S/C27H31F5N4O2/c1-15(18-3-2-4-19(23(18)28)24(29)30)34-25(38)20-14-36(27(7-8-27)26(31)32)22(37)12-21(20)33-13-17-11-16-5-9-35(17)10-6-16/h2-4,12,14-17,24,26,33H,5-11,13H2,1H3,(H,34,38)/t15-,17+/m1/s1. The third kappa shape index (κ3) is 4.92. The lowest BCUT2D eigenvalue weighted by atomic mass is 9.83. The number of carbonyl (C=O) groups is 1. The molecule has 1 aromatic heterocycles. The molecule has 0 unspecified atom stereocenters. The van der Waals surface area contributed by atoms with Crippen molar-refractivity contribution in [3.8, 4) is 0 Å². The van der Waals surface area contributed by atoms with Crippen molar-refractivity contribution in [2.24, 2.45) is 5.92 Å². The van der Waals surface area contributed by atoms with E-state index in [1.165, 1.54) is 19.1 Å². The van der Waals surface area contributed by atoms with Crippen molar-refractivity contribution < 1.29 is 26.7 Å². The van der Waals surface area contributed by atoms with Crippen LogP contribution in [-0.4, -0.2) is 47.5 Å². The summed E-state index contributed by atoms with van der Waals surface area (Å²) in [6, 6.07) is 3.94. The Morgan fingerprint density at radius 3 is 2.39 bits per heavy atom. The van der Waals surface area contributed by atoms with Gasteiger partial charge in [-0.2, -0.15) is 0 Å². The van der Waals surface area contributed by atoms with Crippen molar-refractivity contribution in [1.82, 2.24) is 14.8 Å². The number of amides is 1. The Morgan fingerprint density at radius 2 is 1.82 bits per heavy atom. The number of carbonyl (C=O) groups excluding carboxylic acids is 1. The minimum atomic E-state index is -3.02. The van der Waals surface area contributed by atoms with E-state index < -0.39 is 47.3 Å². The fourth-order valence-corrected chi connectivity index (χ4v) is 5.85. The van der Waals surface area contributed by atoms with E-state index in [9.17, 15) is 31.5 Å². The Labute approximate surface area is 217 Å². The molecule has 0 radical (unpaired) electrons. The number of alkyl halides is 4. The van der Waals surface area contributed by atoms with Crippen molar-refractivity contribution >= 4 is 11.6 Å². The topological polar surface area (TPSA) is 66.4 Å². The first-order valence-corrected chi connectivity index (χ1v) is 13.0. The number of halogens is 5. The van der Waals surface area contributed by atoms with Gasteiger partial charge < -0.3 is 15.2 Å². The van der Waals surface area contributed by atoms with Crippen LogP contribution in [0, 0.1) is 11.7 Å². The summed E-state index contributed by atoms with van der Waals surface area (Å²) >= 11 is 0. The van der Waals surface area contributed by atoms with Gasteiger partial charge >= 0.3 is 0 Å².